The van der Waals surface area contributed by atoms with E-state index >= 15 is 0 Å². The number of carbonyl (C=O) groups excluding carboxylic acids is 2. The molecule has 0 aromatic heterocycles. The van der Waals surface area contributed by atoms with E-state index in [2.05, 4.69) is 38.2 Å². The Morgan fingerprint density at radius 3 is 1.20 bits per heavy atom. The molecule has 288 valence electrons. The molecule has 0 saturated heterocycles. The van der Waals surface area contributed by atoms with Crippen LogP contribution in [0.4, 0.5) is 0 Å². The van der Waals surface area contributed by atoms with Crippen LogP contribution in [0.5, 0.6) is 0 Å². The van der Waals surface area contributed by atoms with Crippen molar-refractivity contribution >= 4 is 11.9 Å². The van der Waals surface area contributed by atoms with Gasteiger partial charge in [-0.05, 0) is 71.1 Å². The van der Waals surface area contributed by atoms with Crippen molar-refractivity contribution in [1.29, 1.82) is 0 Å². The average Bonchev–Trinajstić information content (AvgIpc) is 3.10. The molecule has 0 radical (unpaired) electrons. The van der Waals surface area contributed by atoms with Gasteiger partial charge in [0.05, 0.1) is 25.9 Å². The van der Waals surface area contributed by atoms with Gasteiger partial charge in [0.2, 0.25) is 0 Å². The SMILES string of the molecule is CCCCCCCCC=CCCCCCCCC(=O)OCCOCC(C)OCCOC(=O)CCCCCCCC=CCCCCCCCC. The van der Waals surface area contributed by atoms with Crippen LogP contribution in [-0.4, -0.2) is 51.1 Å². The number of esters is 2. The first-order valence-electron chi connectivity index (χ1n) is 20.9. The summed E-state index contributed by atoms with van der Waals surface area (Å²) < 4.78 is 21.8. The lowest BCUT2D eigenvalue weighted by Gasteiger charge is -2.14. The van der Waals surface area contributed by atoms with E-state index in [1.54, 1.807) is 0 Å². The van der Waals surface area contributed by atoms with Crippen LogP contribution in [0.2, 0.25) is 0 Å². The van der Waals surface area contributed by atoms with Crippen LogP contribution in [0, 0.1) is 0 Å². The number of allylic oxidation sites excluding steroid dienone is 4. The molecule has 0 aromatic rings. The van der Waals surface area contributed by atoms with Gasteiger partial charge in [0.15, 0.2) is 0 Å². The van der Waals surface area contributed by atoms with Gasteiger partial charge in [-0.3, -0.25) is 9.59 Å². The Morgan fingerprint density at radius 2 is 0.796 bits per heavy atom. The lowest BCUT2D eigenvalue weighted by atomic mass is 10.1. The van der Waals surface area contributed by atoms with Crippen LogP contribution in [0.3, 0.4) is 0 Å². The second kappa shape index (κ2) is 40.8. The minimum atomic E-state index is -0.145. The van der Waals surface area contributed by atoms with Gasteiger partial charge in [-0.2, -0.15) is 0 Å². The molecule has 0 amide bonds. The summed E-state index contributed by atoms with van der Waals surface area (Å²) in [7, 11) is 0. The Bertz CT molecular complexity index is 749. The van der Waals surface area contributed by atoms with Gasteiger partial charge in [0, 0.05) is 12.8 Å². The molecular weight excluding hydrogens is 612 g/mol. The number of unbranched alkanes of at least 4 members (excludes halogenated alkanes) is 22. The Kier molecular flexibility index (Phi) is 39.4. The van der Waals surface area contributed by atoms with Crippen LogP contribution < -0.4 is 0 Å². The number of hydrogen-bond donors (Lipinski definition) is 0. The quantitative estimate of drug-likeness (QED) is 0.0363. The Hall–Kier alpha value is -1.66. The molecule has 0 N–H and O–H groups in total. The van der Waals surface area contributed by atoms with Crippen LogP contribution in [0.1, 0.15) is 201 Å². The number of hydrogen-bond acceptors (Lipinski definition) is 6. The summed E-state index contributed by atoms with van der Waals surface area (Å²) in [5.41, 5.74) is 0. The molecule has 0 rings (SSSR count). The van der Waals surface area contributed by atoms with Gasteiger partial charge < -0.3 is 18.9 Å². The zero-order valence-electron chi connectivity index (χ0n) is 32.7. The molecule has 0 saturated carbocycles. The maximum Gasteiger partial charge on any atom is 0.305 e. The van der Waals surface area contributed by atoms with Crippen LogP contribution in [-0.2, 0) is 28.5 Å². The molecule has 6 nitrogen and oxygen atoms in total. The van der Waals surface area contributed by atoms with Gasteiger partial charge in [-0.25, -0.2) is 0 Å². The van der Waals surface area contributed by atoms with Crippen LogP contribution in [0.25, 0.3) is 0 Å². The van der Waals surface area contributed by atoms with E-state index in [0.717, 1.165) is 25.7 Å². The third kappa shape index (κ3) is 40.7. The molecule has 0 aliphatic carbocycles. The minimum Gasteiger partial charge on any atom is -0.463 e. The molecule has 0 aromatic carbocycles. The van der Waals surface area contributed by atoms with Gasteiger partial charge >= 0.3 is 11.9 Å². The topological polar surface area (TPSA) is 71.1 Å². The van der Waals surface area contributed by atoms with Crippen molar-refractivity contribution in [3.05, 3.63) is 24.3 Å². The first kappa shape index (κ1) is 47.3. The number of carbonyl (C=O) groups is 2. The fraction of sp³-hybridized carbons (Fsp3) is 0.860. The first-order valence-corrected chi connectivity index (χ1v) is 20.9. The minimum absolute atomic E-state index is 0.115. The fourth-order valence-corrected chi connectivity index (χ4v) is 5.74. The molecule has 1 atom stereocenters. The predicted octanol–water partition coefficient (Wildman–Crippen LogP) is 12.6. The fourth-order valence-electron chi connectivity index (χ4n) is 5.74. The van der Waals surface area contributed by atoms with Gasteiger partial charge in [-0.15, -0.1) is 0 Å². The van der Waals surface area contributed by atoms with E-state index < -0.39 is 0 Å². The maximum absolute atomic E-state index is 12.0. The molecule has 49 heavy (non-hydrogen) atoms. The van der Waals surface area contributed by atoms with Gasteiger partial charge in [-0.1, -0.05) is 141 Å². The molecule has 1 unspecified atom stereocenters. The summed E-state index contributed by atoms with van der Waals surface area (Å²) in [6.07, 6.45) is 42.6. The van der Waals surface area contributed by atoms with Gasteiger partial charge in [0.25, 0.3) is 0 Å². The summed E-state index contributed by atoms with van der Waals surface area (Å²) in [4.78, 5) is 23.9. The summed E-state index contributed by atoms with van der Waals surface area (Å²) in [6, 6.07) is 0. The molecule has 0 spiro atoms. The molecule has 0 aliphatic heterocycles. The highest BCUT2D eigenvalue weighted by Gasteiger charge is 2.07. The Morgan fingerprint density at radius 1 is 0.449 bits per heavy atom. The van der Waals surface area contributed by atoms with E-state index in [9.17, 15) is 9.59 Å². The summed E-state index contributed by atoms with van der Waals surface area (Å²) in [5, 5.41) is 0. The van der Waals surface area contributed by atoms with Crippen molar-refractivity contribution in [2.45, 2.75) is 207 Å². The molecule has 0 bridgehead atoms. The molecular formula is C43H80O6. The molecule has 0 heterocycles. The van der Waals surface area contributed by atoms with Crippen molar-refractivity contribution in [3.63, 3.8) is 0 Å². The zero-order chi connectivity index (χ0) is 35.7. The van der Waals surface area contributed by atoms with Crippen LogP contribution in [0.15, 0.2) is 24.3 Å². The van der Waals surface area contributed by atoms with Crippen molar-refractivity contribution in [2.75, 3.05) is 33.0 Å². The Labute approximate surface area is 303 Å². The van der Waals surface area contributed by atoms with Crippen molar-refractivity contribution < 1.29 is 28.5 Å². The molecule has 6 heteroatoms. The highest BCUT2D eigenvalue weighted by Crippen LogP contribution is 2.12. The summed E-state index contributed by atoms with van der Waals surface area (Å²) in [6.45, 7) is 8.11. The highest BCUT2D eigenvalue weighted by molar-refractivity contribution is 5.69. The van der Waals surface area contributed by atoms with E-state index in [1.807, 2.05) is 6.92 Å². The molecule has 0 aliphatic rings. The lowest BCUT2D eigenvalue weighted by molar-refractivity contribution is -0.148. The smallest absolute Gasteiger partial charge is 0.305 e. The monoisotopic (exact) mass is 693 g/mol. The van der Waals surface area contributed by atoms with Crippen LogP contribution >= 0.6 is 0 Å². The standard InChI is InChI=1S/C43H80O6/c1-4-6-8-10-12-14-16-18-20-22-24-26-28-30-32-34-42(44)48-37-36-46-40-41(3)47-38-39-49-43(45)35-33-31-29-27-25-23-21-19-17-15-13-11-9-7-5-2/h18-21,41H,4-17,22-40H2,1-3H3. The highest BCUT2D eigenvalue weighted by atomic mass is 16.6. The predicted molar refractivity (Wildman–Crippen MR) is 207 cm³/mol. The average molecular weight is 693 g/mol. The largest absolute Gasteiger partial charge is 0.463 e. The van der Waals surface area contributed by atoms with E-state index in [-0.39, 0.29) is 31.3 Å². The third-order valence-electron chi connectivity index (χ3n) is 8.88. The second-order valence-corrected chi connectivity index (χ2v) is 13.9. The van der Waals surface area contributed by atoms with Crippen molar-refractivity contribution in [1.82, 2.24) is 0 Å². The van der Waals surface area contributed by atoms with E-state index in [0.29, 0.717) is 32.7 Å². The number of ether oxygens (including phenoxy) is 4. The zero-order valence-corrected chi connectivity index (χ0v) is 32.7. The summed E-state index contributed by atoms with van der Waals surface area (Å²) in [5.74, 6) is -0.289. The Balaban J connectivity index is 3.40. The van der Waals surface area contributed by atoms with E-state index in [1.165, 1.54) is 141 Å². The lowest BCUT2D eigenvalue weighted by Crippen LogP contribution is -2.21. The van der Waals surface area contributed by atoms with Crippen molar-refractivity contribution in [3.8, 4) is 0 Å². The molecule has 0 fully saturated rings. The van der Waals surface area contributed by atoms with Crippen molar-refractivity contribution in [2.24, 2.45) is 0 Å². The maximum atomic E-state index is 12.0. The van der Waals surface area contributed by atoms with Gasteiger partial charge in [0.1, 0.15) is 13.2 Å². The summed E-state index contributed by atoms with van der Waals surface area (Å²) >= 11 is 0. The van der Waals surface area contributed by atoms with E-state index in [4.69, 9.17) is 18.9 Å². The normalized spacial score (nSPS) is 12.3. The second-order valence-electron chi connectivity index (χ2n) is 13.9. The first-order chi connectivity index (χ1) is 24.1. The third-order valence-corrected chi connectivity index (χ3v) is 8.88. The number of rotatable bonds is 39.